The molecule has 0 amide bonds. The zero-order valence-corrected chi connectivity index (χ0v) is 18.3. The molecule has 0 spiro atoms. The number of aliphatic hydroxyl groups excluding tert-OH is 1. The number of ether oxygens (including phenoxy) is 2. The Morgan fingerprint density at radius 2 is 1.88 bits per heavy atom. The highest BCUT2D eigenvalue weighted by molar-refractivity contribution is 14.0. The van der Waals surface area contributed by atoms with Crippen molar-refractivity contribution < 1.29 is 14.6 Å². The normalized spacial score (nSPS) is 12.1. The molecular weight excluding hydrogens is 465 g/mol. The minimum absolute atomic E-state index is 0. The van der Waals surface area contributed by atoms with Gasteiger partial charge in [-0.2, -0.15) is 11.3 Å². The van der Waals surface area contributed by atoms with E-state index in [1.165, 1.54) is 5.56 Å². The van der Waals surface area contributed by atoms with E-state index >= 15 is 0 Å². The van der Waals surface area contributed by atoms with Gasteiger partial charge in [0.25, 0.3) is 0 Å². The number of rotatable bonds is 8. The molecule has 0 saturated heterocycles. The van der Waals surface area contributed by atoms with Crippen molar-refractivity contribution in [2.24, 2.45) is 4.99 Å². The lowest BCUT2D eigenvalue weighted by Crippen LogP contribution is -2.39. The van der Waals surface area contributed by atoms with Gasteiger partial charge in [-0.25, -0.2) is 4.99 Å². The Hall–Kier alpha value is -1.52. The maximum absolute atomic E-state index is 10.5. The second kappa shape index (κ2) is 12.0. The smallest absolute Gasteiger partial charge is 0.191 e. The van der Waals surface area contributed by atoms with E-state index in [0.29, 0.717) is 30.5 Å². The first kappa shape index (κ1) is 22.5. The largest absolute Gasteiger partial charge is 0.497 e. The maximum atomic E-state index is 10.5. The van der Waals surface area contributed by atoms with E-state index in [1.807, 2.05) is 12.3 Å². The van der Waals surface area contributed by atoms with Crippen LogP contribution >= 0.6 is 35.3 Å². The Balaban J connectivity index is 0.00000338. The van der Waals surface area contributed by atoms with E-state index in [-0.39, 0.29) is 24.0 Å². The van der Waals surface area contributed by atoms with Crippen molar-refractivity contribution in [3.05, 3.63) is 46.2 Å². The lowest BCUT2D eigenvalue weighted by molar-refractivity contribution is 0.180. The summed E-state index contributed by atoms with van der Waals surface area (Å²) in [7, 11) is 3.17. The van der Waals surface area contributed by atoms with Crippen LogP contribution < -0.4 is 20.1 Å². The van der Waals surface area contributed by atoms with Crippen LogP contribution in [0.25, 0.3) is 0 Å². The number of hydrogen-bond donors (Lipinski definition) is 3. The first-order valence-corrected chi connectivity index (χ1v) is 9.04. The summed E-state index contributed by atoms with van der Waals surface area (Å²) in [4.78, 5) is 4.53. The highest BCUT2D eigenvalue weighted by Crippen LogP contribution is 2.26. The van der Waals surface area contributed by atoms with Gasteiger partial charge in [-0.3, -0.25) is 0 Å². The number of nitrogens with one attached hydrogen (secondary N) is 2. The Bertz CT molecular complexity index is 658. The Morgan fingerprint density at radius 3 is 2.42 bits per heavy atom. The molecule has 3 N–H and O–H groups in total. The first-order valence-electron chi connectivity index (χ1n) is 8.10. The highest BCUT2D eigenvalue weighted by atomic mass is 127. The molecule has 144 valence electrons. The topological polar surface area (TPSA) is 75.1 Å². The number of thiophene rings is 1. The molecule has 0 aliphatic rings. The quantitative estimate of drug-likeness (QED) is 0.301. The van der Waals surface area contributed by atoms with Crippen molar-refractivity contribution in [3.8, 4) is 11.5 Å². The third kappa shape index (κ3) is 7.00. The monoisotopic (exact) mass is 491 g/mol. The summed E-state index contributed by atoms with van der Waals surface area (Å²) in [6, 6.07) is 7.42. The number of aliphatic hydroxyl groups is 1. The zero-order valence-electron chi connectivity index (χ0n) is 15.2. The van der Waals surface area contributed by atoms with Gasteiger partial charge in [-0.05, 0) is 47.0 Å². The highest BCUT2D eigenvalue weighted by Gasteiger charge is 2.12. The standard InChI is InChI=1S/C18H25N3O3S.HI/c1-4-19-18(20-10-13-5-6-25-12-13)21-11-17(22)14-7-15(23-2)9-16(8-14)24-3;/h5-9,12,17,22H,4,10-11H2,1-3H3,(H2,19,20,21);1H. The van der Waals surface area contributed by atoms with Crippen molar-refractivity contribution in [3.63, 3.8) is 0 Å². The SMILES string of the molecule is CCNC(=NCc1ccsc1)NCC(O)c1cc(OC)cc(OC)c1.I. The van der Waals surface area contributed by atoms with Crippen LogP contribution in [0.1, 0.15) is 24.2 Å². The molecule has 26 heavy (non-hydrogen) atoms. The molecule has 0 fully saturated rings. The molecule has 0 aliphatic carbocycles. The van der Waals surface area contributed by atoms with Crippen LogP contribution in [0.4, 0.5) is 0 Å². The van der Waals surface area contributed by atoms with E-state index in [4.69, 9.17) is 9.47 Å². The number of aliphatic imine (C=N–C) groups is 1. The van der Waals surface area contributed by atoms with Crippen molar-refractivity contribution in [2.45, 2.75) is 19.6 Å². The Kier molecular flexibility index (Phi) is 10.4. The molecule has 1 unspecified atom stereocenters. The summed E-state index contributed by atoms with van der Waals surface area (Å²) in [6.45, 7) is 3.68. The zero-order chi connectivity index (χ0) is 18.1. The van der Waals surface area contributed by atoms with Crippen LogP contribution in [0, 0.1) is 0 Å². The number of nitrogens with zero attached hydrogens (tertiary/aromatic N) is 1. The van der Waals surface area contributed by atoms with Gasteiger partial charge in [-0.15, -0.1) is 24.0 Å². The van der Waals surface area contributed by atoms with Gasteiger partial charge in [0.1, 0.15) is 11.5 Å². The maximum Gasteiger partial charge on any atom is 0.191 e. The molecular formula is C18H26IN3O3S. The fourth-order valence-corrected chi connectivity index (χ4v) is 2.89. The molecule has 1 heterocycles. The lowest BCUT2D eigenvalue weighted by atomic mass is 10.1. The predicted octanol–water partition coefficient (Wildman–Crippen LogP) is 3.17. The molecule has 0 radical (unpaired) electrons. The summed E-state index contributed by atoms with van der Waals surface area (Å²) < 4.78 is 10.5. The average Bonchev–Trinajstić information content (AvgIpc) is 3.16. The van der Waals surface area contributed by atoms with Crippen LogP contribution in [-0.4, -0.2) is 38.4 Å². The molecule has 6 nitrogen and oxygen atoms in total. The summed E-state index contributed by atoms with van der Waals surface area (Å²) in [5, 5.41) is 20.9. The number of halogens is 1. The van der Waals surface area contributed by atoms with Crippen LogP contribution in [0.3, 0.4) is 0 Å². The molecule has 8 heteroatoms. The number of benzene rings is 1. The van der Waals surface area contributed by atoms with E-state index in [0.717, 1.165) is 12.1 Å². The van der Waals surface area contributed by atoms with Crippen LogP contribution in [0.2, 0.25) is 0 Å². The van der Waals surface area contributed by atoms with Gasteiger partial charge < -0.3 is 25.2 Å². The van der Waals surface area contributed by atoms with Gasteiger partial charge in [0.2, 0.25) is 0 Å². The molecule has 2 aromatic rings. The van der Waals surface area contributed by atoms with Crippen molar-refractivity contribution in [1.29, 1.82) is 0 Å². The summed E-state index contributed by atoms with van der Waals surface area (Å²) in [5.41, 5.74) is 1.89. The summed E-state index contributed by atoms with van der Waals surface area (Å²) in [5.74, 6) is 1.96. The molecule has 1 aromatic carbocycles. The number of guanidine groups is 1. The predicted molar refractivity (Wildman–Crippen MR) is 117 cm³/mol. The van der Waals surface area contributed by atoms with Crippen LogP contribution in [0.5, 0.6) is 11.5 Å². The Morgan fingerprint density at radius 1 is 1.19 bits per heavy atom. The molecule has 0 bridgehead atoms. The van der Waals surface area contributed by atoms with Crippen molar-refractivity contribution >= 4 is 41.3 Å². The lowest BCUT2D eigenvalue weighted by Gasteiger charge is -2.17. The van der Waals surface area contributed by atoms with E-state index in [1.54, 1.807) is 43.8 Å². The summed E-state index contributed by atoms with van der Waals surface area (Å²) in [6.07, 6.45) is -0.714. The third-order valence-corrected chi connectivity index (χ3v) is 4.30. The second-order valence-electron chi connectivity index (χ2n) is 5.37. The first-order chi connectivity index (χ1) is 12.2. The Labute approximate surface area is 175 Å². The fraction of sp³-hybridized carbons (Fsp3) is 0.389. The van der Waals surface area contributed by atoms with Gasteiger partial charge in [0.05, 0.1) is 26.9 Å². The average molecular weight is 491 g/mol. The molecule has 0 saturated carbocycles. The van der Waals surface area contributed by atoms with E-state index in [2.05, 4.69) is 27.1 Å². The molecule has 2 rings (SSSR count). The summed E-state index contributed by atoms with van der Waals surface area (Å²) >= 11 is 1.65. The minimum Gasteiger partial charge on any atom is -0.497 e. The van der Waals surface area contributed by atoms with Gasteiger partial charge in [0, 0.05) is 19.2 Å². The van der Waals surface area contributed by atoms with Gasteiger partial charge in [0.15, 0.2) is 5.96 Å². The molecule has 0 aliphatic heterocycles. The molecule has 1 atom stereocenters. The molecule has 1 aromatic heterocycles. The van der Waals surface area contributed by atoms with Gasteiger partial charge >= 0.3 is 0 Å². The van der Waals surface area contributed by atoms with Crippen molar-refractivity contribution in [2.75, 3.05) is 27.3 Å². The third-order valence-electron chi connectivity index (χ3n) is 3.57. The van der Waals surface area contributed by atoms with Crippen LogP contribution in [-0.2, 0) is 6.54 Å². The van der Waals surface area contributed by atoms with Gasteiger partial charge in [-0.1, -0.05) is 0 Å². The van der Waals surface area contributed by atoms with Crippen LogP contribution in [0.15, 0.2) is 40.0 Å². The number of methoxy groups -OCH3 is 2. The van der Waals surface area contributed by atoms with E-state index < -0.39 is 6.10 Å². The van der Waals surface area contributed by atoms with Crippen molar-refractivity contribution in [1.82, 2.24) is 10.6 Å². The number of hydrogen-bond acceptors (Lipinski definition) is 5. The second-order valence-corrected chi connectivity index (χ2v) is 6.15. The minimum atomic E-state index is -0.714. The fourth-order valence-electron chi connectivity index (χ4n) is 2.23. The van der Waals surface area contributed by atoms with E-state index in [9.17, 15) is 5.11 Å².